The highest BCUT2D eigenvalue weighted by Crippen LogP contribution is 2.47. The molecule has 5 rings (SSSR count). The van der Waals surface area contributed by atoms with Gasteiger partial charge in [-0.2, -0.15) is 0 Å². The molecule has 2 aliphatic heterocycles. The smallest absolute Gasteiger partial charge is 0.254 e. The Kier molecular flexibility index (Phi) is 4.75. The lowest BCUT2D eigenvalue weighted by Gasteiger charge is -2.24. The summed E-state index contributed by atoms with van der Waals surface area (Å²) in [4.78, 5) is 19.5. The van der Waals surface area contributed by atoms with Crippen molar-refractivity contribution in [1.82, 2.24) is 4.98 Å². The third-order valence-corrected chi connectivity index (χ3v) is 6.12. The number of carbonyl (C=O) groups excluding carboxylic acids is 1. The molecule has 0 radical (unpaired) electrons. The fraction of sp³-hybridized carbons (Fsp3) is 0.280. The Labute approximate surface area is 176 Å². The largest absolute Gasteiger partial charge is 0.367 e. The van der Waals surface area contributed by atoms with Crippen molar-refractivity contribution in [2.75, 3.05) is 23.4 Å². The topological polar surface area (TPSA) is 54.5 Å². The number of aromatic nitrogens is 1. The summed E-state index contributed by atoms with van der Waals surface area (Å²) in [7, 11) is 0. The Morgan fingerprint density at radius 1 is 1.13 bits per heavy atom. The monoisotopic (exact) mass is 399 g/mol. The highest BCUT2D eigenvalue weighted by Gasteiger charge is 2.50. The lowest BCUT2D eigenvalue weighted by molar-refractivity contribution is -0.124. The number of anilines is 2. The minimum Gasteiger partial charge on any atom is -0.367 e. The van der Waals surface area contributed by atoms with Gasteiger partial charge in [-0.15, -0.1) is 0 Å². The van der Waals surface area contributed by atoms with E-state index in [-0.39, 0.29) is 11.3 Å². The van der Waals surface area contributed by atoms with Crippen LogP contribution in [0.25, 0.3) is 0 Å². The number of ether oxygens (including phenoxy) is 1. The maximum atomic E-state index is 12.8. The fourth-order valence-corrected chi connectivity index (χ4v) is 4.63. The number of rotatable bonds is 4. The van der Waals surface area contributed by atoms with Crippen molar-refractivity contribution >= 4 is 17.4 Å². The number of aryl methyl sites for hydroxylation is 1. The van der Waals surface area contributed by atoms with Crippen LogP contribution in [0.15, 0.2) is 72.9 Å². The van der Waals surface area contributed by atoms with E-state index in [1.165, 1.54) is 16.8 Å². The molecule has 1 spiro atoms. The van der Waals surface area contributed by atoms with E-state index in [1.54, 1.807) is 6.20 Å². The zero-order chi connectivity index (χ0) is 20.6. The summed E-state index contributed by atoms with van der Waals surface area (Å²) in [6, 6.07) is 22.8. The predicted octanol–water partition coefficient (Wildman–Crippen LogP) is 4.08. The Morgan fingerprint density at radius 3 is 2.73 bits per heavy atom. The standard InChI is InChI=1S/C25H25N3O2/c1-18-11-12-23(26-14-18)27-24(29)22-13-25(17-30-22)16-28(15-19-7-3-2-4-8-19)21-10-6-5-9-20(21)25/h2-12,14,22H,13,15-17H2,1H3,(H,26,27,29)/t22-,25-/m1/s1. The predicted molar refractivity (Wildman–Crippen MR) is 118 cm³/mol. The summed E-state index contributed by atoms with van der Waals surface area (Å²) in [5.41, 5.74) is 4.71. The van der Waals surface area contributed by atoms with Crippen molar-refractivity contribution in [3.05, 3.63) is 89.6 Å². The molecule has 1 saturated heterocycles. The van der Waals surface area contributed by atoms with Crippen LogP contribution in [0.1, 0.15) is 23.1 Å². The van der Waals surface area contributed by atoms with Gasteiger partial charge in [0.1, 0.15) is 11.9 Å². The zero-order valence-electron chi connectivity index (χ0n) is 17.0. The summed E-state index contributed by atoms with van der Waals surface area (Å²) in [5.74, 6) is 0.440. The normalized spacial score (nSPS) is 22.3. The Bertz CT molecular complexity index is 1050. The van der Waals surface area contributed by atoms with Gasteiger partial charge in [0.05, 0.1) is 6.61 Å². The van der Waals surface area contributed by atoms with Crippen LogP contribution in [0, 0.1) is 6.92 Å². The summed E-state index contributed by atoms with van der Waals surface area (Å²) in [6.07, 6.45) is 1.95. The third-order valence-electron chi connectivity index (χ3n) is 6.12. The van der Waals surface area contributed by atoms with Crippen LogP contribution in [0.2, 0.25) is 0 Å². The molecular formula is C25H25N3O2. The number of para-hydroxylation sites is 1. The van der Waals surface area contributed by atoms with E-state index in [9.17, 15) is 4.79 Å². The van der Waals surface area contributed by atoms with E-state index in [1.807, 2.05) is 25.1 Å². The van der Waals surface area contributed by atoms with Gasteiger partial charge in [-0.25, -0.2) is 4.98 Å². The molecule has 1 fully saturated rings. The Hall–Kier alpha value is -3.18. The van der Waals surface area contributed by atoms with Crippen molar-refractivity contribution in [1.29, 1.82) is 0 Å². The number of nitrogens with zero attached hydrogens (tertiary/aromatic N) is 2. The van der Waals surface area contributed by atoms with Crippen molar-refractivity contribution in [3.63, 3.8) is 0 Å². The van der Waals surface area contributed by atoms with Crippen molar-refractivity contribution in [3.8, 4) is 0 Å². The fourth-order valence-electron chi connectivity index (χ4n) is 4.63. The molecule has 2 atom stereocenters. The van der Waals surface area contributed by atoms with Gasteiger partial charge in [0.25, 0.3) is 5.91 Å². The highest BCUT2D eigenvalue weighted by molar-refractivity contribution is 5.93. The molecule has 2 aromatic carbocycles. The van der Waals surface area contributed by atoms with Crippen LogP contribution in [0.4, 0.5) is 11.5 Å². The molecule has 5 nitrogen and oxygen atoms in total. The molecule has 0 unspecified atom stereocenters. The molecule has 0 bridgehead atoms. The number of benzene rings is 2. The second-order valence-electron chi connectivity index (χ2n) is 8.35. The number of carbonyl (C=O) groups is 1. The van der Waals surface area contributed by atoms with Crippen molar-refractivity contribution in [2.45, 2.75) is 31.4 Å². The molecule has 3 aromatic rings. The summed E-state index contributed by atoms with van der Waals surface area (Å²) < 4.78 is 6.04. The Balaban J connectivity index is 1.34. The average Bonchev–Trinajstić information content (AvgIpc) is 3.33. The van der Waals surface area contributed by atoms with E-state index in [4.69, 9.17) is 4.74 Å². The second-order valence-corrected chi connectivity index (χ2v) is 8.35. The molecule has 3 heterocycles. The first-order valence-corrected chi connectivity index (χ1v) is 10.4. The third kappa shape index (κ3) is 3.46. The molecule has 1 amide bonds. The van der Waals surface area contributed by atoms with E-state index in [2.05, 4.69) is 63.7 Å². The van der Waals surface area contributed by atoms with Crippen LogP contribution in [0.3, 0.4) is 0 Å². The van der Waals surface area contributed by atoms with Gasteiger partial charge in [0, 0.05) is 30.4 Å². The molecule has 0 aliphatic carbocycles. The molecule has 152 valence electrons. The number of hydrogen-bond acceptors (Lipinski definition) is 4. The number of nitrogens with one attached hydrogen (secondary N) is 1. The summed E-state index contributed by atoms with van der Waals surface area (Å²) >= 11 is 0. The lowest BCUT2D eigenvalue weighted by atomic mass is 9.80. The lowest BCUT2D eigenvalue weighted by Crippen LogP contribution is -2.35. The number of fused-ring (bicyclic) bond motifs is 2. The number of amides is 1. The number of pyridine rings is 1. The molecule has 5 heteroatoms. The van der Waals surface area contributed by atoms with Gasteiger partial charge in [-0.05, 0) is 42.2 Å². The van der Waals surface area contributed by atoms with E-state index >= 15 is 0 Å². The van der Waals surface area contributed by atoms with Crippen LogP contribution >= 0.6 is 0 Å². The van der Waals surface area contributed by atoms with Crippen LogP contribution in [0.5, 0.6) is 0 Å². The van der Waals surface area contributed by atoms with Gasteiger partial charge >= 0.3 is 0 Å². The maximum absolute atomic E-state index is 12.8. The minimum atomic E-state index is -0.474. The quantitative estimate of drug-likeness (QED) is 0.718. The molecule has 1 aromatic heterocycles. The van der Waals surface area contributed by atoms with Crippen LogP contribution < -0.4 is 10.2 Å². The molecule has 1 N–H and O–H groups in total. The molecule has 0 saturated carbocycles. The van der Waals surface area contributed by atoms with Crippen LogP contribution in [-0.4, -0.2) is 30.1 Å². The maximum Gasteiger partial charge on any atom is 0.254 e. The summed E-state index contributed by atoms with van der Waals surface area (Å²) in [5, 5.41) is 2.90. The first kappa shape index (κ1) is 18.8. The van der Waals surface area contributed by atoms with Crippen molar-refractivity contribution < 1.29 is 9.53 Å². The van der Waals surface area contributed by atoms with Gasteiger partial charge in [0.2, 0.25) is 0 Å². The Morgan fingerprint density at radius 2 is 1.93 bits per heavy atom. The van der Waals surface area contributed by atoms with Crippen molar-refractivity contribution in [2.24, 2.45) is 0 Å². The average molecular weight is 399 g/mol. The SMILES string of the molecule is Cc1ccc(NC(=O)[C@H]2C[C@]3(CO2)CN(Cc2ccccc2)c2ccccc23)nc1. The highest BCUT2D eigenvalue weighted by atomic mass is 16.5. The minimum absolute atomic E-state index is 0.123. The zero-order valence-corrected chi connectivity index (χ0v) is 17.0. The summed E-state index contributed by atoms with van der Waals surface area (Å²) in [6.45, 7) is 4.23. The van der Waals surface area contributed by atoms with Gasteiger partial charge in [0.15, 0.2) is 0 Å². The first-order valence-electron chi connectivity index (χ1n) is 10.4. The van der Waals surface area contributed by atoms with Gasteiger partial charge in [-0.3, -0.25) is 4.79 Å². The van der Waals surface area contributed by atoms with E-state index < -0.39 is 6.10 Å². The van der Waals surface area contributed by atoms with Gasteiger partial charge in [-0.1, -0.05) is 54.6 Å². The van der Waals surface area contributed by atoms with Gasteiger partial charge < -0.3 is 15.0 Å². The molecular weight excluding hydrogens is 374 g/mol. The van der Waals surface area contributed by atoms with Crippen LogP contribution in [-0.2, 0) is 21.5 Å². The van der Waals surface area contributed by atoms with E-state index in [0.29, 0.717) is 18.8 Å². The van der Waals surface area contributed by atoms with E-state index in [0.717, 1.165) is 18.7 Å². The first-order chi connectivity index (χ1) is 14.6. The molecule has 2 aliphatic rings. The number of hydrogen-bond donors (Lipinski definition) is 1. The second kappa shape index (κ2) is 7.58. The molecule has 30 heavy (non-hydrogen) atoms.